The van der Waals surface area contributed by atoms with Gasteiger partial charge in [-0.3, -0.25) is 4.79 Å². The third-order valence-corrected chi connectivity index (χ3v) is 4.29. The van der Waals surface area contributed by atoms with Gasteiger partial charge in [-0.2, -0.15) is 0 Å². The van der Waals surface area contributed by atoms with E-state index in [2.05, 4.69) is 5.32 Å². The quantitative estimate of drug-likeness (QED) is 0.642. The molecule has 0 unspecified atom stereocenters. The summed E-state index contributed by atoms with van der Waals surface area (Å²) in [4.78, 5) is 23.8. The molecule has 0 aromatic heterocycles. The second-order valence-electron chi connectivity index (χ2n) is 6.10. The predicted octanol–water partition coefficient (Wildman–Crippen LogP) is 3.68. The van der Waals surface area contributed by atoms with Crippen molar-refractivity contribution >= 4 is 12.1 Å². The molecule has 0 saturated heterocycles. The lowest BCUT2D eigenvalue weighted by Gasteiger charge is -2.36. The maximum absolute atomic E-state index is 12.3. The molecule has 23 heavy (non-hydrogen) atoms. The topological polar surface area (TPSA) is 64.6 Å². The van der Waals surface area contributed by atoms with Crippen LogP contribution in [0.25, 0.3) is 0 Å². The van der Waals surface area contributed by atoms with Gasteiger partial charge in [0, 0.05) is 6.54 Å². The molecule has 2 rings (SSSR count). The van der Waals surface area contributed by atoms with Crippen molar-refractivity contribution in [2.24, 2.45) is 5.41 Å². The molecule has 0 radical (unpaired) electrons. The first kappa shape index (κ1) is 17.3. The molecule has 0 atom stereocenters. The van der Waals surface area contributed by atoms with Gasteiger partial charge in [0.15, 0.2) is 0 Å². The van der Waals surface area contributed by atoms with Crippen LogP contribution in [0.1, 0.15) is 45.4 Å². The van der Waals surface area contributed by atoms with E-state index in [0.29, 0.717) is 25.3 Å². The van der Waals surface area contributed by atoms with Crippen LogP contribution in [0.4, 0.5) is 4.79 Å². The Hall–Kier alpha value is -2.04. The molecule has 126 valence electrons. The molecule has 1 amide bonds. The molecule has 0 spiro atoms. The fourth-order valence-electron chi connectivity index (χ4n) is 3.12. The fourth-order valence-corrected chi connectivity index (χ4v) is 3.12. The van der Waals surface area contributed by atoms with E-state index < -0.39 is 6.09 Å². The summed E-state index contributed by atoms with van der Waals surface area (Å²) in [6.45, 7) is 2.57. The largest absolute Gasteiger partial charge is 0.450 e. The van der Waals surface area contributed by atoms with E-state index in [-0.39, 0.29) is 11.4 Å². The molecule has 1 fully saturated rings. The fraction of sp³-hybridized carbons (Fsp3) is 0.556. The average molecular weight is 319 g/mol. The Morgan fingerprint density at radius 2 is 1.83 bits per heavy atom. The van der Waals surface area contributed by atoms with E-state index in [1.54, 1.807) is 19.1 Å². The van der Waals surface area contributed by atoms with Gasteiger partial charge in [-0.1, -0.05) is 37.5 Å². The highest BCUT2D eigenvalue weighted by atomic mass is 16.5. The van der Waals surface area contributed by atoms with E-state index in [1.165, 1.54) is 6.42 Å². The van der Waals surface area contributed by atoms with Crippen molar-refractivity contribution in [1.82, 2.24) is 5.32 Å². The van der Waals surface area contributed by atoms with Crippen molar-refractivity contribution < 1.29 is 19.1 Å². The summed E-state index contributed by atoms with van der Waals surface area (Å²) in [7, 11) is 0. The second-order valence-corrected chi connectivity index (χ2v) is 6.10. The summed E-state index contributed by atoms with van der Waals surface area (Å²) in [6.07, 6.45) is 5.05. The Bertz CT molecular complexity index is 509. The van der Waals surface area contributed by atoms with E-state index in [0.717, 1.165) is 25.7 Å². The molecule has 1 aromatic rings. The zero-order chi connectivity index (χ0) is 16.5. The number of carbonyl (C=O) groups excluding carboxylic acids is 2. The summed E-state index contributed by atoms with van der Waals surface area (Å²) >= 11 is 0. The number of para-hydroxylation sites is 1. The van der Waals surface area contributed by atoms with Crippen LogP contribution in [0, 0.1) is 5.41 Å². The molecule has 1 saturated carbocycles. The molecule has 0 aliphatic heterocycles. The molecule has 1 aliphatic carbocycles. The van der Waals surface area contributed by atoms with Crippen molar-refractivity contribution in [3.05, 3.63) is 30.3 Å². The number of hydrogen-bond acceptors (Lipinski definition) is 4. The number of benzene rings is 1. The maximum Gasteiger partial charge on any atom is 0.407 e. The van der Waals surface area contributed by atoms with Crippen molar-refractivity contribution in [3.63, 3.8) is 0 Å². The third kappa shape index (κ3) is 5.58. The van der Waals surface area contributed by atoms with Gasteiger partial charge in [0.05, 0.1) is 13.0 Å². The van der Waals surface area contributed by atoms with E-state index >= 15 is 0 Å². The molecule has 0 bridgehead atoms. The highest BCUT2D eigenvalue weighted by Crippen LogP contribution is 2.39. The Labute approximate surface area is 137 Å². The van der Waals surface area contributed by atoms with Gasteiger partial charge in [-0.05, 0) is 37.3 Å². The van der Waals surface area contributed by atoms with Crippen LogP contribution in [0.2, 0.25) is 0 Å². The lowest BCUT2D eigenvalue weighted by molar-refractivity contribution is -0.137. The van der Waals surface area contributed by atoms with E-state index in [4.69, 9.17) is 9.47 Å². The summed E-state index contributed by atoms with van der Waals surface area (Å²) < 4.78 is 10.3. The number of ether oxygens (including phenoxy) is 2. The van der Waals surface area contributed by atoms with Crippen LogP contribution in [0.3, 0.4) is 0 Å². The zero-order valence-corrected chi connectivity index (χ0v) is 13.7. The van der Waals surface area contributed by atoms with Gasteiger partial charge in [0.1, 0.15) is 5.75 Å². The predicted molar refractivity (Wildman–Crippen MR) is 87.2 cm³/mol. The molecular weight excluding hydrogens is 294 g/mol. The number of esters is 1. The van der Waals surface area contributed by atoms with Gasteiger partial charge < -0.3 is 14.8 Å². The molecule has 5 heteroatoms. The van der Waals surface area contributed by atoms with Gasteiger partial charge in [0.2, 0.25) is 0 Å². The number of alkyl carbamates (subject to hydrolysis) is 1. The summed E-state index contributed by atoms with van der Waals surface area (Å²) in [6, 6.07) is 9.08. The summed E-state index contributed by atoms with van der Waals surface area (Å²) in [5.41, 5.74) is -0.225. The SMILES string of the molecule is CCOC(=O)NCC1(CC(=O)Oc2ccccc2)CCCCC1. The normalized spacial score (nSPS) is 16.4. The van der Waals surface area contributed by atoms with Crippen LogP contribution in [0.15, 0.2) is 30.3 Å². The number of nitrogens with one attached hydrogen (secondary N) is 1. The molecule has 1 N–H and O–H groups in total. The van der Waals surface area contributed by atoms with E-state index in [9.17, 15) is 9.59 Å². The van der Waals surface area contributed by atoms with Gasteiger partial charge in [0.25, 0.3) is 0 Å². The van der Waals surface area contributed by atoms with Gasteiger partial charge >= 0.3 is 12.1 Å². The Kier molecular flexibility index (Phi) is 6.44. The first-order chi connectivity index (χ1) is 11.1. The van der Waals surface area contributed by atoms with Gasteiger partial charge in [-0.15, -0.1) is 0 Å². The highest BCUT2D eigenvalue weighted by Gasteiger charge is 2.35. The standard InChI is InChI=1S/C18H25NO4/c1-2-22-17(21)19-14-18(11-7-4-8-12-18)13-16(20)23-15-9-5-3-6-10-15/h3,5-6,9-10H,2,4,7-8,11-14H2,1H3,(H,19,21). The van der Waals surface area contributed by atoms with Crippen LogP contribution < -0.4 is 10.1 Å². The number of amides is 1. The van der Waals surface area contributed by atoms with Crippen LogP contribution in [-0.4, -0.2) is 25.2 Å². The first-order valence-electron chi connectivity index (χ1n) is 8.30. The number of carbonyl (C=O) groups is 2. The van der Waals surface area contributed by atoms with Crippen molar-refractivity contribution in [1.29, 1.82) is 0 Å². The lowest BCUT2D eigenvalue weighted by atomic mass is 9.71. The smallest absolute Gasteiger partial charge is 0.407 e. The molecule has 1 aromatic carbocycles. The minimum atomic E-state index is -0.422. The minimum Gasteiger partial charge on any atom is -0.450 e. The Balaban J connectivity index is 1.94. The summed E-state index contributed by atoms with van der Waals surface area (Å²) in [5, 5.41) is 2.79. The maximum atomic E-state index is 12.3. The molecule has 5 nitrogen and oxygen atoms in total. The number of hydrogen-bond donors (Lipinski definition) is 1. The van der Waals surface area contributed by atoms with Crippen molar-refractivity contribution in [3.8, 4) is 5.75 Å². The second kappa shape index (κ2) is 8.56. The highest BCUT2D eigenvalue weighted by molar-refractivity contribution is 5.73. The lowest BCUT2D eigenvalue weighted by Crippen LogP contribution is -2.41. The van der Waals surface area contributed by atoms with Crippen molar-refractivity contribution in [2.75, 3.05) is 13.2 Å². The number of rotatable bonds is 6. The monoisotopic (exact) mass is 319 g/mol. The van der Waals surface area contributed by atoms with Crippen LogP contribution >= 0.6 is 0 Å². The first-order valence-corrected chi connectivity index (χ1v) is 8.30. The van der Waals surface area contributed by atoms with Crippen LogP contribution in [0.5, 0.6) is 5.75 Å². The van der Waals surface area contributed by atoms with Crippen molar-refractivity contribution in [2.45, 2.75) is 45.4 Å². The molecule has 1 aliphatic rings. The zero-order valence-electron chi connectivity index (χ0n) is 13.7. The molecular formula is C18H25NO4. The van der Waals surface area contributed by atoms with Crippen LogP contribution in [-0.2, 0) is 9.53 Å². The average Bonchev–Trinajstić information content (AvgIpc) is 2.55. The Morgan fingerprint density at radius 3 is 2.48 bits per heavy atom. The molecule has 0 heterocycles. The van der Waals surface area contributed by atoms with Gasteiger partial charge in [-0.25, -0.2) is 4.79 Å². The third-order valence-electron chi connectivity index (χ3n) is 4.29. The Morgan fingerprint density at radius 1 is 1.13 bits per heavy atom. The minimum absolute atomic E-state index is 0.225. The summed E-state index contributed by atoms with van der Waals surface area (Å²) in [5.74, 6) is 0.311. The van der Waals surface area contributed by atoms with E-state index in [1.807, 2.05) is 18.2 Å².